The normalized spacial score (nSPS) is 23.8. The monoisotopic (exact) mass is 239 g/mol. The van der Waals surface area contributed by atoms with Crippen molar-refractivity contribution in [2.24, 2.45) is 5.41 Å². The Bertz CT molecular complexity index is 416. The first-order chi connectivity index (χ1) is 7.56. The summed E-state index contributed by atoms with van der Waals surface area (Å²) in [5.74, 6) is 1.74. The van der Waals surface area contributed by atoms with E-state index in [4.69, 9.17) is 12.2 Å². The first kappa shape index (κ1) is 11.8. The van der Waals surface area contributed by atoms with Crippen LogP contribution in [0.25, 0.3) is 0 Å². The van der Waals surface area contributed by atoms with Gasteiger partial charge in [0.2, 0.25) is 0 Å². The third kappa shape index (κ3) is 1.95. The smallest absolute Gasteiger partial charge is 0.195 e. The minimum atomic E-state index is 0.368. The molecule has 16 heavy (non-hydrogen) atoms. The lowest BCUT2D eigenvalue weighted by Gasteiger charge is -2.26. The Morgan fingerprint density at radius 2 is 2.31 bits per heavy atom. The van der Waals surface area contributed by atoms with E-state index < -0.39 is 0 Å². The van der Waals surface area contributed by atoms with Crippen molar-refractivity contribution < 1.29 is 0 Å². The van der Waals surface area contributed by atoms with Crippen LogP contribution in [0, 0.1) is 10.2 Å². The zero-order valence-corrected chi connectivity index (χ0v) is 11.2. The Balaban J connectivity index is 2.36. The average molecular weight is 239 g/mol. The maximum atomic E-state index is 5.29. The van der Waals surface area contributed by atoms with Crippen LogP contribution in [0.2, 0.25) is 0 Å². The number of H-pyrrole nitrogens is 1. The number of hydrogen-bond donors (Lipinski definition) is 1. The van der Waals surface area contributed by atoms with Gasteiger partial charge in [-0.1, -0.05) is 27.2 Å². The van der Waals surface area contributed by atoms with E-state index >= 15 is 0 Å². The zero-order chi connectivity index (χ0) is 11.8. The molecule has 90 valence electrons. The van der Waals surface area contributed by atoms with Crippen molar-refractivity contribution in [2.45, 2.75) is 58.9 Å². The standard InChI is InChI=1S/C12H21N3S/c1-4-8-15-10(13-14-11(15)16)9-6-5-7-12(9,2)3/h9H,4-8H2,1-3H3,(H,14,16). The van der Waals surface area contributed by atoms with E-state index in [9.17, 15) is 0 Å². The lowest BCUT2D eigenvalue weighted by atomic mass is 9.81. The SMILES string of the molecule is CCCn1c(C2CCCC2(C)C)n[nH]c1=S. The second kappa shape index (κ2) is 4.32. The van der Waals surface area contributed by atoms with Gasteiger partial charge < -0.3 is 4.57 Å². The third-order valence-corrected chi connectivity index (χ3v) is 4.12. The van der Waals surface area contributed by atoms with Crippen molar-refractivity contribution in [3.63, 3.8) is 0 Å². The maximum absolute atomic E-state index is 5.29. The van der Waals surface area contributed by atoms with Crippen molar-refractivity contribution in [2.75, 3.05) is 0 Å². The molecule has 3 nitrogen and oxygen atoms in total. The summed E-state index contributed by atoms with van der Waals surface area (Å²) < 4.78 is 2.96. The van der Waals surface area contributed by atoms with E-state index in [-0.39, 0.29) is 0 Å². The summed E-state index contributed by atoms with van der Waals surface area (Å²) in [5, 5.41) is 7.41. The summed E-state index contributed by atoms with van der Waals surface area (Å²) in [4.78, 5) is 0. The van der Waals surface area contributed by atoms with Crippen molar-refractivity contribution in [1.29, 1.82) is 0 Å². The molecule has 0 saturated heterocycles. The van der Waals surface area contributed by atoms with Crippen molar-refractivity contribution in [3.8, 4) is 0 Å². The summed E-state index contributed by atoms with van der Waals surface area (Å²) in [6.07, 6.45) is 4.96. The van der Waals surface area contributed by atoms with Gasteiger partial charge in [0.25, 0.3) is 0 Å². The molecule has 0 aliphatic heterocycles. The van der Waals surface area contributed by atoms with Gasteiger partial charge in [0.15, 0.2) is 4.77 Å². The molecule has 0 bridgehead atoms. The number of rotatable bonds is 3. The van der Waals surface area contributed by atoms with Gasteiger partial charge in [0.05, 0.1) is 0 Å². The van der Waals surface area contributed by atoms with Crippen LogP contribution in [0.1, 0.15) is 58.2 Å². The highest BCUT2D eigenvalue weighted by Gasteiger charge is 2.38. The van der Waals surface area contributed by atoms with Gasteiger partial charge in [-0.3, -0.25) is 5.10 Å². The number of aromatic nitrogens is 3. The Morgan fingerprint density at radius 3 is 2.88 bits per heavy atom. The molecule has 1 aromatic heterocycles. The largest absolute Gasteiger partial charge is 0.304 e. The fourth-order valence-corrected chi connectivity index (χ4v) is 3.07. The average Bonchev–Trinajstić information content (AvgIpc) is 2.72. The molecule has 1 aliphatic carbocycles. The molecule has 0 spiro atoms. The molecule has 2 rings (SSSR count). The van der Waals surface area contributed by atoms with E-state index in [1.807, 2.05) is 0 Å². The molecule has 1 aliphatic rings. The molecule has 1 atom stereocenters. The van der Waals surface area contributed by atoms with Gasteiger partial charge in [-0.25, -0.2) is 0 Å². The first-order valence-corrected chi connectivity index (χ1v) is 6.62. The molecule has 1 unspecified atom stereocenters. The Kier molecular flexibility index (Phi) is 3.19. The molecule has 1 saturated carbocycles. The van der Waals surface area contributed by atoms with Gasteiger partial charge in [0.1, 0.15) is 5.82 Å². The van der Waals surface area contributed by atoms with Crippen molar-refractivity contribution in [1.82, 2.24) is 14.8 Å². The summed E-state index contributed by atoms with van der Waals surface area (Å²) in [6.45, 7) is 7.85. The lowest BCUT2D eigenvalue weighted by molar-refractivity contribution is 0.314. The van der Waals surface area contributed by atoms with Crippen molar-refractivity contribution in [3.05, 3.63) is 10.6 Å². The maximum Gasteiger partial charge on any atom is 0.195 e. The van der Waals surface area contributed by atoms with Crippen LogP contribution in [0.4, 0.5) is 0 Å². The van der Waals surface area contributed by atoms with Crippen molar-refractivity contribution >= 4 is 12.2 Å². The molecular formula is C12H21N3S. The highest BCUT2D eigenvalue weighted by molar-refractivity contribution is 7.71. The van der Waals surface area contributed by atoms with Crippen LogP contribution >= 0.6 is 12.2 Å². The molecule has 1 aromatic rings. The number of hydrogen-bond acceptors (Lipinski definition) is 2. The third-order valence-electron chi connectivity index (χ3n) is 3.80. The molecule has 1 fully saturated rings. The quantitative estimate of drug-likeness (QED) is 0.817. The topological polar surface area (TPSA) is 33.6 Å². The fourth-order valence-electron chi connectivity index (χ4n) is 2.84. The minimum Gasteiger partial charge on any atom is -0.304 e. The summed E-state index contributed by atoms with van der Waals surface area (Å²) in [5.41, 5.74) is 0.368. The second-order valence-corrected chi connectivity index (χ2v) is 5.86. The minimum absolute atomic E-state index is 0.368. The van der Waals surface area contributed by atoms with Crippen LogP contribution < -0.4 is 0 Å². The van der Waals surface area contributed by atoms with Gasteiger partial charge in [-0.2, -0.15) is 5.10 Å². The predicted octanol–water partition coefficient (Wildman–Crippen LogP) is 3.64. The number of nitrogens with zero attached hydrogens (tertiary/aromatic N) is 2. The van der Waals surface area contributed by atoms with E-state index in [1.54, 1.807) is 0 Å². The summed E-state index contributed by atoms with van der Waals surface area (Å²) in [6, 6.07) is 0. The summed E-state index contributed by atoms with van der Waals surface area (Å²) in [7, 11) is 0. The molecule has 4 heteroatoms. The van der Waals surface area contributed by atoms with E-state index in [2.05, 4.69) is 35.5 Å². The Labute approximate surface area is 102 Å². The van der Waals surface area contributed by atoms with E-state index in [0.717, 1.165) is 17.7 Å². The van der Waals surface area contributed by atoms with E-state index in [1.165, 1.54) is 25.1 Å². The Hall–Kier alpha value is -0.640. The highest BCUT2D eigenvalue weighted by atomic mass is 32.1. The van der Waals surface area contributed by atoms with Gasteiger partial charge in [-0.15, -0.1) is 0 Å². The Morgan fingerprint density at radius 1 is 1.56 bits per heavy atom. The number of aromatic amines is 1. The zero-order valence-electron chi connectivity index (χ0n) is 10.4. The first-order valence-electron chi connectivity index (χ1n) is 6.21. The van der Waals surface area contributed by atoms with Crippen LogP contribution in [-0.2, 0) is 6.54 Å². The molecule has 0 amide bonds. The lowest BCUT2D eigenvalue weighted by Crippen LogP contribution is -2.19. The summed E-state index contributed by atoms with van der Waals surface area (Å²) >= 11 is 5.29. The van der Waals surface area contributed by atoms with E-state index in [0.29, 0.717) is 11.3 Å². The predicted molar refractivity (Wildman–Crippen MR) is 68.1 cm³/mol. The molecule has 0 aromatic carbocycles. The van der Waals surface area contributed by atoms with Crippen LogP contribution in [0.15, 0.2) is 0 Å². The van der Waals surface area contributed by atoms with Gasteiger partial charge in [0, 0.05) is 12.5 Å². The molecule has 0 radical (unpaired) electrons. The van der Waals surface area contributed by atoms with Gasteiger partial charge in [-0.05, 0) is 36.9 Å². The van der Waals surface area contributed by atoms with Crippen LogP contribution in [0.3, 0.4) is 0 Å². The van der Waals surface area contributed by atoms with Crippen LogP contribution in [-0.4, -0.2) is 14.8 Å². The molecular weight excluding hydrogens is 218 g/mol. The highest BCUT2D eigenvalue weighted by Crippen LogP contribution is 2.48. The molecule has 1 heterocycles. The van der Waals surface area contributed by atoms with Crippen LogP contribution in [0.5, 0.6) is 0 Å². The second-order valence-electron chi connectivity index (χ2n) is 5.47. The fraction of sp³-hybridized carbons (Fsp3) is 0.833. The number of nitrogens with one attached hydrogen (secondary N) is 1. The van der Waals surface area contributed by atoms with Gasteiger partial charge >= 0.3 is 0 Å². The molecule has 1 N–H and O–H groups in total.